The van der Waals surface area contributed by atoms with Gasteiger partial charge in [-0.3, -0.25) is 4.90 Å². The molecular weight excluding hydrogens is 422 g/mol. The molecule has 1 aliphatic rings. The number of methoxy groups -OCH3 is 1. The lowest BCUT2D eigenvalue weighted by Gasteiger charge is -2.17. The zero-order valence-electron chi connectivity index (χ0n) is 16.9. The van der Waals surface area contributed by atoms with Crippen LogP contribution in [0.1, 0.15) is 18.4 Å². The SMILES string of the molecule is COc1cc(Cl)c(-c2nc(SC)nc3[nH]cc(C#N)c23)cc1OCCN1CCCC1. The Morgan fingerprint density at radius 3 is 2.77 bits per heavy atom. The van der Waals surface area contributed by atoms with Crippen molar-refractivity contribution in [3.05, 3.63) is 28.9 Å². The molecular formula is C21H22ClN5O2S. The number of ether oxygens (including phenoxy) is 2. The summed E-state index contributed by atoms with van der Waals surface area (Å²) in [5, 5.41) is 11.2. The normalized spacial score (nSPS) is 14.2. The number of aromatic amines is 1. The Bertz CT molecular complexity index is 1100. The summed E-state index contributed by atoms with van der Waals surface area (Å²) >= 11 is 8.03. The van der Waals surface area contributed by atoms with Crippen molar-refractivity contribution in [2.75, 3.05) is 39.6 Å². The number of thioether (sulfide) groups is 1. The van der Waals surface area contributed by atoms with Crippen LogP contribution in [0.3, 0.4) is 0 Å². The van der Waals surface area contributed by atoms with E-state index in [1.165, 1.54) is 24.6 Å². The lowest BCUT2D eigenvalue weighted by molar-refractivity contribution is 0.230. The third-order valence-electron chi connectivity index (χ3n) is 5.19. The van der Waals surface area contributed by atoms with E-state index in [1.54, 1.807) is 19.4 Å². The van der Waals surface area contributed by atoms with Crippen molar-refractivity contribution in [2.45, 2.75) is 18.0 Å². The average molecular weight is 444 g/mol. The number of hydrogen-bond donors (Lipinski definition) is 1. The fourth-order valence-electron chi connectivity index (χ4n) is 3.67. The van der Waals surface area contributed by atoms with Gasteiger partial charge in [0.05, 0.1) is 28.8 Å². The molecule has 0 atom stereocenters. The van der Waals surface area contributed by atoms with Crippen molar-refractivity contribution in [3.63, 3.8) is 0 Å². The summed E-state index contributed by atoms with van der Waals surface area (Å²) in [4.78, 5) is 14.6. The van der Waals surface area contributed by atoms with Crippen molar-refractivity contribution in [1.82, 2.24) is 19.9 Å². The summed E-state index contributed by atoms with van der Waals surface area (Å²) in [5.41, 5.74) is 2.34. The van der Waals surface area contributed by atoms with Crippen LogP contribution < -0.4 is 9.47 Å². The number of halogens is 1. The topological polar surface area (TPSA) is 87.1 Å². The van der Waals surface area contributed by atoms with E-state index < -0.39 is 0 Å². The van der Waals surface area contributed by atoms with Crippen molar-refractivity contribution >= 4 is 34.4 Å². The van der Waals surface area contributed by atoms with Crippen LogP contribution in [-0.4, -0.2) is 59.5 Å². The lowest BCUT2D eigenvalue weighted by Crippen LogP contribution is -2.25. The molecule has 156 valence electrons. The molecule has 0 bridgehead atoms. The largest absolute Gasteiger partial charge is 0.493 e. The molecule has 7 nitrogen and oxygen atoms in total. The molecule has 9 heteroatoms. The number of nitriles is 1. The monoisotopic (exact) mass is 443 g/mol. The second-order valence-corrected chi connectivity index (χ2v) is 8.16. The van der Waals surface area contributed by atoms with Crippen LogP contribution in [0.15, 0.2) is 23.5 Å². The van der Waals surface area contributed by atoms with E-state index in [0.29, 0.717) is 56.1 Å². The number of likely N-dealkylation sites (tertiary alicyclic amines) is 1. The highest BCUT2D eigenvalue weighted by molar-refractivity contribution is 7.98. The van der Waals surface area contributed by atoms with Gasteiger partial charge in [-0.25, -0.2) is 9.97 Å². The smallest absolute Gasteiger partial charge is 0.189 e. The van der Waals surface area contributed by atoms with Crippen LogP contribution >= 0.6 is 23.4 Å². The quantitative estimate of drug-likeness (QED) is 0.429. The molecule has 1 aromatic carbocycles. The number of nitrogens with one attached hydrogen (secondary N) is 1. The average Bonchev–Trinajstić information content (AvgIpc) is 3.43. The number of H-pyrrole nitrogens is 1. The van der Waals surface area contributed by atoms with E-state index in [1.807, 2.05) is 12.3 Å². The molecule has 1 aliphatic heterocycles. The summed E-state index contributed by atoms with van der Waals surface area (Å²) in [6.45, 7) is 3.66. The van der Waals surface area contributed by atoms with Gasteiger partial charge in [0.15, 0.2) is 16.7 Å². The predicted octanol–water partition coefficient (Wildman–Crippen LogP) is 4.36. The molecule has 0 aliphatic carbocycles. The van der Waals surface area contributed by atoms with Gasteiger partial charge in [0, 0.05) is 24.4 Å². The first-order valence-corrected chi connectivity index (χ1v) is 11.3. The van der Waals surface area contributed by atoms with Gasteiger partial charge < -0.3 is 14.5 Å². The van der Waals surface area contributed by atoms with Crippen LogP contribution in [0.25, 0.3) is 22.3 Å². The van der Waals surface area contributed by atoms with E-state index >= 15 is 0 Å². The molecule has 1 N–H and O–H groups in total. The molecule has 0 unspecified atom stereocenters. The molecule has 0 amide bonds. The minimum Gasteiger partial charge on any atom is -0.493 e. The summed E-state index contributed by atoms with van der Waals surface area (Å²) < 4.78 is 11.6. The summed E-state index contributed by atoms with van der Waals surface area (Å²) in [6.07, 6.45) is 6.03. The van der Waals surface area contributed by atoms with Crippen molar-refractivity contribution in [3.8, 4) is 28.8 Å². The second kappa shape index (κ2) is 9.13. The van der Waals surface area contributed by atoms with Gasteiger partial charge in [-0.2, -0.15) is 5.26 Å². The Hall–Kier alpha value is -2.47. The molecule has 4 rings (SSSR count). The molecule has 3 heterocycles. The lowest BCUT2D eigenvalue weighted by atomic mass is 10.1. The molecule has 1 saturated heterocycles. The third kappa shape index (κ3) is 4.06. The van der Waals surface area contributed by atoms with E-state index in [-0.39, 0.29) is 0 Å². The molecule has 2 aromatic heterocycles. The minimum atomic E-state index is 0.468. The van der Waals surface area contributed by atoms with Crippen LogP contribution in [-0.2, 0) is 0 Å². The minimum absolute atomic E-state index is 0.468. The van der Waals surface area contributed by atoms with E-state index in [9.17, 15) is 5.26 Å². The number of rotatable bonds is 7. The molecule has 3 aromatic rings. The summed E-state index contributed by atoms with van der Waals surface area (Å²) in [7, 11) is 1.59. The maximum Gasteiger partial charge on any atom is 0.189 e. The summed E-state index contributed by atoms with van der Waals surface area (Å²) in [5.74, 6) is 1.16. The number of nitrogens with zero attached hydrogens (tertiary/aromatic N) is 4. The Morgan fingerprint density at radius 1 is 1.27 bits per heavy atom. The Kier molecular flexibility index (Phi) is 6.32. The number of fused-ring (bicyclic) bond motifs is 1. The zero-order chi connectivity index (χ0) is 21.1. The standard InChI is InChI=1S/C21H22ClN5O2S/c1-28-16-10-15(22)14(9-17(16)29-8-7-27-5-3-4-6-27)19-18-13(11-23)12-24-20(18)26-21(25-19)30-2/h9-10,12H,3-8H2,1-2H3,(H,24,25,26). The van der Waals surface area contributed by atoms with E-state index in [4.69, 9.17) is 21.1 Å². The molecule has 0 saturated carbocycles. The maximum absolute atomic E-state index is 9.54. The molecule has 1 fully saturated rings. The van der Waals surface area contributed by atoms with Crippen LogP contribution in [0.4, 0.5) is 0 Å². The van der Waals surface area contributed by atoms with Gasteiger partial charge in [0.25, 0.3) is 0 Å². The van der Waals surface area contributed by atoms with Crippen molar-refractivity contribution in [1.29, 1.82) is 5.26 Å². The Morgan fingerprint density at radius 2 is 2.07 bits per heavy atom. The fourth-order valence-corrected chi connectivity index (χ4v) is 4.28. The van der Waals surface area contributed by atoms with Gasteiger partial charge in [0.2, 0.25) is 0 Å². The van der Waals surface area contributed by atoms with E-state index in [2.05, 4.69) is 25.9 Å². The van der Waals surface area contributed by atoms with Crippen molar-refractivity contribution in [2.24, 2.45) is 0 Å². The van der Waals surface area contributed by atoms with Crippen LogP contribution in [0.5, 0.6) is 11.5 Å². The van der Waals surface area contributed by atoms with Gasteiger partial charge in [-0.15, -0.1) is 0 Å². The van der Waals surface area contributed by atoms with Crippen molar-refractivity contribution < 1.29 is 9.47 Å². The Balaban J connectivity index is 1.75. The van der Waals surface area contributed by atoms with E-state index in [0.717, 1.165) is 19.6 Å². The first kappa shape index (κ1) is 20.8. The fraction of sp³-hybridized carbons (Fsp3) is 0.381. The second-order valence-electron chi connectivity index (χ2n) is 6.98. The van der Waals surface area contributed by atoms with Gasteiger partial charge >= 0.3 is 0 Å². The first-order chi connectivity index (χ1) is 14.6. The number of hydrogen-bond acceptors (Lipinski definition) is 7. The van der Waals surface area contributed by atoms with Crippen LogP contribution in [0.2, 0.25) is 5.02 Å². The third-order valence-corrected chi connectivity index (χ3v) is 6.05. The number of aromatic nitrogens is 3. The van der Waals surface area contributed by atoms with Gasteiger partial charge in [-0.1, -0.05) is 23.4 Å². The highest BCUT2D eigenvalue weighted by Gasteiger charge is 2.20. The molecule has 0 radical (unpaired) electrons. The van der Waals surface area contributed by atoms with Gasteiger partial charge in [-0.05, 0) is 38.3 Å². The molecule has 30 heavy (non-hydrogen) atoms. The highest BCUT2D eigenvalue weighted by atomic mass is 35.5. The van der Waals surface area contributed by atoms with Gasteiger partial charge in [0.1, 0.15) is 18.3 Å². The zero-order valence-corrected chi connectivity index (χ0v) is 18.4. The van der Waals surface area contributed by atoms with Crippen LogP contribution in [0, 0.1) is 11.3 Å². The maximum atomic E-state index is 9.54. The summed E-state index contributed by atoms with van der Waals surface area (Å²) in [6, 6.07) is 5.77. The Labute approximate surface area is 184 Å². The first-order valence-electron chi connectivity index (χ1n) is 9.71. The predicted molar refractivity (Wildman–Crippen MR) is 119 cm³/mol. The highest BCUT2D eigenvalue weighted by Crippen LogP contribution is 2.41. The molecule has 0 spiro atoms. The number of benzene rings is 1.